The van der Waals surface area contributed by atoms with Gasteiger partial charge in [-0.05, 0) is 53.6 Å². The molecule has 0 aliphatic carbocycles. The van der Waals surface area contributed by atoms with Gasteiger partial charge in [0.1, 0.15) is 5.82 Å². The molecule has 0 spiro atoms. The first-order valence-corrected chi connectivity index (χ1v) is 13.5. The van der Waals surface area contributed by atoms with E-state index in [1.807, 2.05) is 54.6 Å². The van der Waals surface area contributed by atoms with Crippen molar-refractivity contribution in [3.63, 3.8) is 0 Å². The standard InChI is InChI=1S/C31H32N8O3/c1-37(2)30(41)23-7-5-22(6-8-23)24-9-12-28(34-17-24)35-26-15-27(19-33-18-26)39-14-13-38(31(39)42)20-21-3-10-25(11-4-21)36-29(40)16-32/h3-12,15,17-19H,13-14,16,20,32H2,1-2H3,(H,34,35)(H,36,40). The van der Waals surface area contributed by atoms with Crippen molar-refractivity contribution in [2.75, 3.05) is 49.3 Å². The van der Waals surface area contributed by atoms with Crippen LogP contribution in [0.1, 0.15) is 15.9 Å². The average molecular weight is 565 g/mol. The van der Waals surface area contributed by atoms with E-state index in [1.54, 1.807) is 59.5 Å². The van der Waals surface area contributed by atoms with Crippen molar-refractivity contribution in [1.82, 2.24) is 19.8 Å². The molecule has 0 saturated carbocycles. The third-order valence-corrected chi connectivity index (χ3v) is 6.83. The van der Waals surface area contributed by atoms with Gasteiger partial charge >= 0.3 is 6.03 Å². The normalized spacial score (nSPS) is 12.8. The number of carbonyl (C=O) groups excluding carboxylic acids is 3. The maximum atomic E-state index is 13.2. The van der Waals surface area contributed by atoms with Gasteiger partial charge in [-0.15, -0.1) is 0 Å². The number of amides is 4. The van der Waals surface area contributed by atoms with Gasteiger partial charge in [-0.2, -0.15) is 0 Å². The molecule has 2 aromatic heterocycles. The lowest BCUT2D eigenvalue weighted by Gasteiger charge is -2.19. The third-order valence-electron chi connectivity index (χ3n) is 6.83. The molecule has 4 aromatic rings. The number of carbonyl (C=O) groups is 3. The van der Waals surface area contributed by atoms with Gasteiger partial charge in [0.2, 0.25) is 5.91 Å². The predicted molar refractivity (Wildman–Crippen MR) is 162 cm³/mol. The van der Waals surface area contributed by atoms with Gasteiger partial charge in [-0.1, -0.05) is 24.3 Å². The fourth-order valence-electron chi connectivity index (χ4n) is 4.59. The number of nitrogens with one attached hydrogen (secondary N) is 2. The number of anilines is 4. The summed E-state index contributed by atoms with van der Waals surface area (Å²) in [7, 11) is 3.46. The summed E-state index contributed by atoms with van der Waals surface area (Å²) in [6.45, 7) is 1.50. The molecule has 4 amide bonds. The van der Waals surface area contributed by atoms with Crippen molar-refractivity contribution in [2.45, 2.75) is 6.54 Å². The van der Waals surface area contributed by atoms with Gasteiger partial charge < -0.3 is 26.2 Å². The second kappa shape index (κ2) is 12.5. The van der Waals surface area contributed by atoms with Crippen LogP contribution < -0.4 is 21.3 Å². The lowest BCUT2D eigenvalue weighted by Crippen LogP contribution is -2.31. The summed E-state index contributed by atoms with van der Waals surface area (Å²) >= 11 is 0. The minimum absolute atomic E-state index is 0.0418. The fraction of sp³-hybridized carbons (Fsp3) is 0.194. The maximum Gasteiger partial charge on any atom is 0.324 e. The van der Waals surface area contributed by atoms with Crippen LogP contribution in [0.4, 0.5) is 27.7 Å². The van der Waals surface area contributed by atoms with Gasteiger partial charge in [0.05, 0.1) is 30.3 Å². The summed E-state index contributed by atoms with van der Waals surface area (Å²) in [5, 5.41) is 5.97. The molecule has 4 N–H and O–H groups in total. The highest BCUT2D eigenvalue weighted by molar-refractivity contribution is 5.95. The zero-order chi connectivity index (χ0) is 29.6. The molecule has 11 nitrogen and oxygen atoms in total. The van der Waals surface area contributed by atoms with Crippen LogP contribution in [0.25, 0.3) is 11.1 Å². The average Bonchev–Trinajstić information content (AvgIpc) is 3.37. The second-order valence-corrected chi connectivity index (χ2v) is 10.1. The van der Waals surface area contributed by atoms with Gasteiger partial charge in [0.15, 0.2) is 0 Å². The highest BCUT2D eigenvalue weighted by Gasteiger charge is 2.30. The van der Waals surface area contributed by atoms with Gasteiger partial charge in [-0.25, -0.2) is 9.78 Å². The summed E-state index contributed by atoms with van der Waals surface area (Å²) in [6, 6.07) is 20.4. The van der Waals surface area contributed by atoms with Crippen LogP contribution >= 0.6 is 0 Å². The molecule has 11 heteroatoms. The highest BCUT2D eigenvalue weighted by Crippen LogP contribution is 2.26. The number of rotatable bonds is 9. The molecule has 3 heterocycles. The monoisotopic (exact) mass is 564 g/mol. The van der Waals surface area contributed by atoms with Gasteiger partial charge in [0, 0.05) is 56.7 Å². The van der Waals surface area contributed by atoms with E-state index in [2.05, 4.69) is 20.6 Å². The Morgan fingerprint density at radius 3 is 2.31 bits per heavy atom. The number of nitrogens with two attached hydrogens (primary N) is 1. The molecular formula is C31H32N8O3. The summed E-state index contributed by atoms with van der Waals surface area (Å²) in [5.41, 5.74) is 10.9. The Labute approximate surface area is 244 Å². The van der Waals surface area contributed by atoms with Crippen molar-refractivity contribution in [3.05, 3.63) is 96.4 Å². The maximum absolute atomic E-state index is 13.2. The number of urea groups is 1. The zero-order valence-corrected chi connectivity index (χ0v) is 23.4. The molecular weight excluding hydrogens is 532 g/mol. The number of pyridine rings is 2. The van der Waals surface area contributed by atoms with Crippen LogP contribution in [-0.2, 0) is 11.3 Å². The van der Waals surface area contributed by atoms with Crippen LogP contribution in [0.5, 0.6) is 0 Å². The quantitative estimate of drug-likeness (QED) is 0.280. The molecule has 0 unspecified atom stereocenters. The minimum Gasteiger partial charge on any atom is -0.345 e. The molecule has 0 atom stereocenters. The van der Waals surface area contributed by atoms with Crippen LogP contribution in [0, 0.1) is 0 Å². The SMILES string of the molecule is CN(C)C(=O)c1ccc(-c2ccc(Nc3cncc(N4CCN(Cc5ccc(NC(=O)CN)cc5)C4=O)c3)nc2)cc1. The minimum atomic E-state index is -0.257. The topological polar surface area (TPSA) is 137 Å². The number of benzene rings is 2. The van der Waals surface area contributed by atoms with Crippen LogP contribution in [0.3, 0.4) is 0 Å². The van der Waals surface area contributed by atoms with E-state index in [4.69, 9.17) is 5.73 Å². The van der Waals surface area contributed by atoms with E-state index in [-0.39, 0.29) is 24.4 Å². The first kappa shape index (κ1) is 28.2. The second-order valence-electron chi connectivity index (χ2n) is 10.1. The Kier molecular flexibility index (Phi) is 8.39. The molecule has 0 radical (unpaired) electrons. The Hall–Kier alpha value is -5.29. The van der Waals surface area contributed by atoms with E-state index >= 15 is 0 Å². The lowest BCUT2D eigenvalue weighted by atomic mass is 10.1. The molecule has 0 bridgehead atoms. The van der Waals surface area contributed by atoms with Crippen LogP contribution in [0.2, 0.25) is 0 Å². The number of aromatic nitrogens is 2. The Balaban J connectivity index is 1.20. The van der Waals surface area contributed by atoms with Crippen molar-refractivity contribution < 1.29 is 14.4 Å². The van der Waals surface area contributed by atoms with Crippen molar-refractivity contribution in [2.24, 2.45) is 5.73 Å². The molecule has 1 fully saturated rings. The van der Waals surface area contributed by atoms with E-state index < -0.39 is 0 Å². The molecule has 1 aliphatic heterocycles. The molecule has 42 heavy (non-hydrogen) atoms. The van der Waals surface area contributed by atoms with E-state index in [1.165, 1.54) is 0 Å². The van der Waals surface area contributed by atoms with E-state index in [0.29, 0.717) is 48.1 Å². The van der Waals surface area contributed by atoms with Crippen LogP contribution in [-0.4, -0.2) is 71.3 Å². The van der Waals surface area contributed by atoms with Crippen molar-refractivity contribution in [3.8, 4) is 11.1 Å². The summed E-state index contributed by atoms with van der Waals surface area (Å²) in [5.74, 6) is 0.338. The number of hydrogen-bond donors (Lipinski definition) is 3. The lowest BCUT2D eigenvalue weighted by molar-refractivity contribution is -0.114. The fourth-order valence-corrected chi connectivity index (χ4v) is 4.59. The van der Waals surface area contributed by atoms with Gasteiger partial charge in [-0.3, -0.25) is 19.5 Å². The summed E-state index contributed by atoms with van der Waals surface area (Å²) in [4.78, 5) is 50.7. The molecule has 5 rings (SSSR count). The van der Waals surface area contributed by atoms with Gasteiger partial charge in [0.25, 0.3) is 5.91 Å². The largest absolute Gasteiger partial charge is 0.345 e. The molecule has 1 saturated heterocycles. The van der Waals surface area contributed by atoms with E-state index in [0.717, 1.165) is 16.7 Å². The molecule has 2 aromatic carbocycles. The molecule has 214 valence electrons. The Morgan fingerprint density at radius 2 is 1.64 bits per heavy atom. The Morgan fingerprint density at radius 1 is 0.905 bits per heavy atom. The molecule has 1 aliphatic rings. The van der Waals surface area contributed by atoms with Crippen LogP contribution in [0.15, 0.2) is 85.3 Å². The number of nitrogens with zero attached hydrogens (tertiary/aromatic N) is 5. The Bertz CT molecular complexity index is 1570. The third kappa shape index (κ3) is 6.53. The smallest absolute Gasteiger partial charge is 0.324 e. The van der Waals surface area contributed by atoms with E-state index in [9.17, 15) is 14.4 Å². The summed E-state index contributed by atoms with van der Waals surface area (Å²) in [6.07, 6.45) is 5.12. The van der Waals surface area contributed by atoms with Crippen molar-refractivity contribution in [1.29, 1.82) is 0 Å². The number of hydrogen-bond acceptors (Lipinski definition) is 7. The first-order chi connectivity index (χ1) is 20.3. The predicted octanol–water partition coefficient (Wildman–Crippen LogP) is 3.93. The zero-order valence-electron chi connectivity index (χ0n) is 23.4. The highest BCUT2D eigenvalue weighted by atomic mass is 16.2. The summed E-state index contributed by atoms with van der Waals surface area (Å²) < 4.78 is 0. The van der Waals surface area contributed by atoms with Crippen molar-refractivity contribution >= 4 is 40.7 Å². The first-order valence-electron chi connectivity index (χ1n) is 13.5.